The second-order valence-corrected chi connectivity index (χ2v) is 4.16. The van der Waals surface area contributed by atoms with E-state index < -0.39 is 0 Å². The molecule has 0 aliphatic heterocycles. The topological polar surface area (TPSA) is 3.24 Å². The molecular weight excluding hydrogens is 202 g/mol. The molecule has 1 fully saturated rings. The summed E-state index contributed by atoms with van der Waals surface area (Å²) in [6, 6.07) is 0. The van der Waals surface area contributed by atoms with Gasteiger partial charge in [0.05, 0.1) is 0 Å². The van der Waals surface area contributed by atoms with Crippen LogP contribution >= 0.6 is 15.9 Å². The highest BCUT2D eigenvalue weighted by Gasteiger charge is 2.42. The van der Waals surface area contributed by atoms with Crippen molar-refractivity contribution in [2.75, 3.05) is 25.0 Å². The minimum Gasteiger partial charge on any atom is -0.303 e. The van der Waals surface area contributed by atoms with E-state index in [0.29, 0.717) is 5.41 Å². The second kappa shape index (κ2) is 3.90. The lowest BCUT2D eigenvalue weighted by atomic mass is 10.1. The largest absolute Gasteiger partial charge is 0.303 e. The number of hydrogen-bond acceptors (Lipinski definition) is 1. The zero-order valence-corrected chi connectivity index (χ0v) is 9.15. The van der Waals surface area contributed by atoms with Crippen LogP contribution < -0.4 is 0 Å². The van der Waals surface area contributed by atoms with Gasteiger partial charge in [0.15, 0.2) is 0 Å². The maximum atomic E-state index is 3.59. The number of alkyl halides is 1. The fourth-order valence-corrected chi connectivity index (χ4v) is 2.17. The number of hydrogen-bond donors (Lipinski definition) is 0. The van der Waals surface area contributed by atoms with E-state index in [1.807, 2.05) is 0 Å². The van der Waals surface area contributed by atoms with Crippen LogP contribution in [-0.2, 0) is 0 Å². The lowest BCUT2D eigenvalue weighted by Crippen LogP contribution is -2.30. The van der Waals surface area contributed by atoms with E-state index in [1.165, 1.54) is 37.8 Å². The maximum Gasteiger partial charge on any atom is 0.0100 e. The van der Waals surface area contributed by atoms with Crippen molar-refractivity contribution in [1.29, 1.82) is 0 Å². The molecule has 0 amide bonds. The van der Waals surface area contributed by atoms with Gasteiger partial charge in [0.1, 0.15) is 0 Å². The molecule has 0 N–H and O–H groups in total. The van der Waals surface area contributed by atoms with Crippen molar-refractivity contribution in [1.82, 2.24) is 4.90 Å². The lowest BCUT2D eigenvalue weighted by Gasteiger charge is -2.23. The van der Waals surface area contributed by atoms with Crippen molar-refractivity contribution in [2.45, 2.75) is 26.7 Å². The van der Waals surface area contributed by atoms with Crippen molar-refractivity contribution in [3.8, 4) is 0 Å². The van der Waals surface area contributed by atoms with Crippen molar-refractivity contribution in [3.05, 3.63) is 0 Å². The highest BCUT2D eigenvalue weighted by atomic mass is 79.9. The Hall–Kier alpha value is 0.440. The molecule has 0 bridgehead atoms. The van der Waals surface area contributed by atoms with Crippen LogP contribution in [0.2, 0.25) is 0 Å². The molecule has 0 aromatic rings. The van der Waals surface area contributed by atoms with E-state index in [1.54, 1.807) is 0 Å². The van der Waals surface area contributed by atoms with Gasteiger partial charge < -0.3 is 4.90 Å². The molecule has 1 nitrogen and oxygen atoms in total. The summed E-state index contributed by atoms with van der Waals surface area (Å²) in [5.41, 5.74) is 0.659. The van der Waals surface area contributed by atoms with Crippen LogP contribution in [0.1, 0.15) is 26.7 Å². The van der Waals surface area contributed by atoms with Gasteiger partial charge in [-0.1, -0.05) is 29.8 Å². The van der Waals surface area contributed by atoms with Crippen LogP contribution in [-0.4, -0.2) is 29.9 Å². The molecule has 0 aromatic heterocycles. The Balaban J connectivity index is 2.27. The van der Waals surface area contributed by atoms with Gasteiger partial charge in [0, 0.05) is 11.9 Å². The van der Waals surface area contributed by atoms with Crippen LogP contribution in [0.15, 0.2) is 0 Å². The molecular formula is C9H18BrN. The molecule has 0 aromatic carbocycles. The van der Waals surface area contributed by atoms with Crippen LogP contribution in [0.4, 0.5) is 0 Å². The Morgan fingerprint density at radius 2 is 1.82 bits per heavy atom. The fraction of sp³-hybridized carbons (Fsp3) is 1.00. The van der Waals surface area contributed by atoms with Gasteiger partial charge in [-0.3, -0.25) is 0 Å². The third kappa shape index (κ3) is 2.45. The molecule has 2 heteroatoms. The molecule has 1 rings (SSSR count). The summed E-state index contributed by atoms with van der Waals surface area (Å²) in [6.07, 6.45) is 2.85. The standard InChI is InChI=1S/C9H18BrN/c1-3-11(4-2)8-9(7-10)5-6-9/h3-8H2,1-2H3. The van der Waals surface area contributed by atoms with Crippen molar-refractivity contribution in [3.63, 3.8) is 0 Å². The minimum atomic E-state index is 0.659. The first kappa shape index (κ1) is 9.53. The molecule has 0 spiro atoms. The quantitative estimate of drug-likeness (QED) is 0.643. The molecule has 66 valence electrons. The highest BCUT2D eigenvalue weighted by molar-refractivity contribution is 9.09. The third-order valence-electron chi connectivity index (χ3n) is 2.69. The first-order valence-electron chi connectivity index (χ1n) is 4.54. The summed E-state index contributed by atoms with van der Waals surface area (Å²) >= 11 is 3.59. The van der Waals surface area contributed by atoms with E-state index in [4.69, 9.17) is 0 Å². The summed E-state index contributed by atoms with van der Waals surface area (Å²) in [6.45, 7) is 8.18. The van der Waals surface area contributed by atoms with Gasteiger partial charge in [-0.2, -0.15) is 0 Å². The molecule has 0 radical (unpaired) electrons. The SMILES string of the molecule is CCN(CC)CC1(CBr)CC1. The highest BCUT2D eigenvalue weighted by Crippen LogP contribution is 2.47. The minimum absolute atomic E-state index is 0.659. The van der Waals surface area contributed by atoms with Gasteiger partial charge in [-0.15, -0.1) is 0 Å². The Morgan fingerprint density at radius 3 is 2.09 bits per heavy atom. The van der Waals surface area contributed by atoms with E-state index in [9.17, 15) is 0 Å². The average Bonchev–Trinajstić information content (AvgIpc) is 2.81. The van der Waals surface area contributed by atoms with Crippen LogP contribution in [0.25, 0.3) is 0 Å². The molecule has 1 saturated carbocycles. The Morgan fingerprint density at radius 1 is 1.27 bits per heavy atom. The first-order chi connectivity index (χ1) is 5.26. The van der Waals surface area contributed by atoms with E-state index in [2.05, 4.69) is 34.7 Å². The monoisotopic (exact) mass is 219 g/mol. The summed E-state index contributed by atoms with van der Waals surface area (Å²) in [5.74, 6) is 0. The van der Waals surface area contributed by atoms with E-state index in [0.717, 1.165) is 0 Å². The molecule has 11 heavy (non-hydrogen) atoms. The van der Waals surface area contributed by atoms with Gasteiger partial charge in [-0.25, -0.2) is 0 Å². The van der Waals surface area contributed by atoms with Gasteiger partial charge in [0.25, 0.3) is 0 Å². The number of nitrogens with zero attached hydrogens (tertiary/aromatic N) is 1. The summed E-state index contributed by atoms with van der Waals surface area (Å²) in [7, 11) is 0. The van der Waals surface area contributed by atoms with Gasteiger partial charge >= 0.3 is 0 Å². The summed E-state index contributed by atoms with van der Waals surface area (Å²) in [5, 5.41) is 1.19. The molecule has 0 saturated heterocycles. The predicted octanol–water partition coefficient (Wildman–Crippen LogP) is 2.50. The van der Waals surface area contributed by atoms with Crippen molar-refractivity contribution < 1.29 is 0 Å². The summed E-state index contributed by atoms with van der Waals surface area (Å²) in [4.78, 5) is 2.52. The van der Waals surface area contributed by atoms with Crippen molar-refractivity contribution >= 4 is 15.9 Å². The fourth-order valence-electron chi connectivity index (χ4n) is 1.43. The Kier molecular flexibility index (Phi) is 3.38. The summed E-state index contributed by atoms with van der Waals surface area (Å²) < 4.78 is 0. The lowest BCUT2D eigenvalue weighted by molar-refractivity contribution is 0.253. The van der Waals surface area contributed by atoms with E-state index >= 15 is 0 Å². The van der Waals surface area contributed by atoms with E-state index in [-0.39, 0.29) is 0 Å². The van der Waals surface area contributed by atoms with Gasteiger partial charge in [-0.05, 0) is 31.3 Å². The zero-order valence-electron chi connectivity index (χ0n) is 7.57. The van der Waals surface area contributed by atoms with Gasteiger partial charge in [0.2, 0.25) is 0 Å². The third-order valence-corrected chi connectivity index (χ3v) is 3.88. The zero-order chi connectivity index (χ0) is 8.32. The smallest absolute Gasteiger partial charge is 0.0100 e. The Bertz CT molecular complexity index is 117. The molecule has 1 aliphatic carbocycles. The maximum absolute atomic E-state index is 3.59. The molecule has 0 unspecified atom stereocenters. The van der Waals surface area contributed by atoms with Crippen LogP contribution in [0, 0.1) is 5.41 Å². The predicted molar refractivity (Wildman–Crippen MR) is 53.2 cm³/mol. The molecule has 1 aliphatic rings. The normalized spacial score (nSPS) is 20.7. The molecule has 0 atom stereocenters. The Labute approximate surface area is 78.3 Å². The van der Waals surface area contributed by atoms with Crippen molar-refractivity contribution in [2.24, 2.45) is 5.41 Å². The van der Waals surface area contributed by atoms with Crippen LogP contribution in [0.5, 0.6) is 0 Å². The first-order valence-corrected chi connectivity index (χ1v) is 5.67. The molecule has 0 heterocycles. The number of rotatable bonds is 5. The van der Waals surface area contributed by atoms with Crippen LogP contribution in [0.3, 0.4) is 0 Å². The average molecular weight is 220 g/mol. The second-order valence-electron chi connectivity index (χ2n) is 3.60. The number of halogens is 1.